The van der Waals surface area contributed by atoms with Crippen molar-refractivity contribution in [2.75, 3.05) is 13.7 Å². The molecule has 0 amide bonds. The molecule has 0 saturated heterocycles. The maximum absolute atomic E-state index is 10.9. The summed E-state index contributed by atoms with van der Waals surface area (Å²) in [5.41, 5.74) is 0.733. The second kappa shape index (κ2) is 6.58. The molecule has 0 bridgehead atoms. The van der Waals surface area contributed by atoms with Crippen molar-refractivity contribution in [3.63, 3.8) is 0 Å². The van der Waals surface area contributed by atoms with Gasteiger partial charge in [0.25, 0.3) is 5.69 Å². The fourth-order valence-corrected chi connectivity index (χ4v) is 1.41. The maximum atomic E-state index is 10.9. The molecule has 1 aromatic carbocycles. The minimum Gasteiger partial charge on any atom is -0.493 e. The van der Waals surface area contributed by atoms with Gasteiger partial charge in [0, 0.05) is 18.6 Å². The Morgan fingerprint density at radius 3 is 2.72 bits per heavy atom. The predicted octanol–water partition coefficient (Wildman–Crippen LogP) is 2.24. The van der Waals surface area contributed by atoms with Crippen LogP contribution in [0.25, 0.3) is 0 Å². The van der Waals surface area contributed by atoms with Gasteiger partial charge < -0.3 is 9.47 Å². The molecule has 1 rings (SSSR count). The van der Waals surface area contributed by atoms with E-state index in [-0.39, 0.29) is 11.7 Å². The number of nitrogens with zero attached hydrogens (tertiary/aromatic N) is 1. The summed E-state index contributed by atoms with van der Waals surface area (Å²) >= 11 is 0. The molecule has 0 radical (unpaired) electrons. The van der Waals surface area contributed by atoms with Gasteiger partial charge in [-0.3, -0.25) is 14.9 Å². The monoisotopic (exact) mass is 253 g/mol. The first-order valence-electron chi connectivity index (χ1n) is 5.49. The number of benzene rings is 1. The number of nitro groups is 1. The van der Waals surface area contributed by atoms with E-state index in [0.717, 1.165) is 0 Å². The van der Waals surface area contributed by atoms with Crippen LogP contribution in [0.3, 0.4) is 0 Å². The Labute approximate surface area is 105 Å². The molecule has 0 aliphatic carbocycles. The lowest BCUT2D eigenvalue weighted by Crippen LogP contribution is -2.05. The van der Waals surface area contributed by atoms with E-state index in [0.29, 0.717) is 30.8 Å². The third kappa shape index (κ3) is 4.04. The van der Waals surface area contributed by atoms with Crippen LogP contribution < -0.4 is 4.74 Å². The van der Waals surface area contributed by atoms with E-state index in [4.69, 9.17) is 4.74 Å². The van der Waals surface area contributed by atoms with Gasteiger partial charge in [-0.25, -0.2) is 0 Å². The molecule has 0 saturated carbocycles. The summed E-state index contributed by atoms with van der Waals surface area (Å²) in [6.45, 7) is 2.11. The highest BCUT2D eigenvalue weighted by atomic mass is 16.6. The molecular weight excluding hydrogens is 238 g/mol. The highest BCUT2D eigenvalue weighted by Gasteiger charge is 2.08. The van der Waals surface area contributed by atoms with E-state index in [1.165, 1.54) is 19.2 Å². The van der Waals surface area contributed by atoms with E-state index < -0.39 is 4.92 Å². The Hall–Kier alpha value is -2.11. The molecular formula is C12H15NO5. The lowest BCUT2D eigenvalue weighted by Gasteiger charge is -2.08. The normalized spacial score (nSPS) is 9.89. The Balaban J connectivity index is 2.48. The van der Waals surface area contributed by atoms with Crippen molar-refractivity contribution in [3.8, 4) is 5.75 Å². The van der Waals surface area contributed by atoms with E-state index in [1.807, 2.05) is 0 Å². The molecule has 6 heteroatoms. The van der Waals surface area contributed by atoms with Crippen molar-refractivity contribution in [2.24, 2.45) is 0 Å². The number of carbonyl (C=O) groups excluding carboxylic acids is 1. The number of methoxy groups -OCH3 is 1. The van der Waals surface area contributed by atoms with Crippen LogP contribution in [-0.4, -0.2) is 24.6 Å². The zero-order valence-corrected chi connectivity index (χ0v) is 10.3. The zero-order chi connectivity index (χ0) is 13.5. The smallest absolute Gasteiger partial charge is 0.305 e. The summed E-state index contributed by atoms with van der Waals surface area (Å²) in [6.07, 6.45) is 0.839. The lowest BCUT2D eigenvalue weighted by atomic mass is 10.2. The lowest BCUT2D eigenvalue weighted by molar-refractivity contribution is -0.384. The van der Waals surface area contributed by atoms with Gasteiger partial charge in [0.1, 0.15) is 5.75 Å². The highest BCUT2D eigenvalue weighted by molar-refractivity contribution is 5.69. The molecule has 0 heterocycles. The van der Waals surface area contributed by atoms with Crippen molar-refractivity contribution in [2.45, 2.75) is 19.8 Å². The molecule has 0 fully saturated rings. The summed E-state index contributed by atoms with van der Waals surface area (Å²) in [5, 5.41) is 10.5. The van der Waals surface area contributed by atoms with Gasteiger partial charge in [-0.15, -0.1) is 0 Å². The number of esters is 1. The molecule has 0 atom stereocenters. The molecule has 6 nitrogen and oxygen atoms in total. The highest BCUT2D eigenvalue weighted by Crippen LogP contribution is 2.23. The average Bonchev–Trinajstić information content (AvgIpc) is 2.35. The summed E-state index contributed by atoms with van der Waals surface area (Å²) < 4.78 is 9.93. The molecule has 18 heavy (non-hydrogen) atoms. The molecule has 1 aromatic rings. The van der Waals surface area contributed by atoms with Gasteiger partial charge in [-0.2, -0.15) is 0 Å². The Kier molecular flexibility index (Phi) is 5.10. The fraction of sp³-hybridized carbons (Fsp3) is 0.417. The molecule has 0 aliphatic heterocycles. The summed E-state index contributed by atoms with van der Waals surface area (Å²) in [5.74, 6) is 0.310. The SMILES string of the molecule is COC(=O)CCCOc1ccc([N+](=O)[O-])cc1C. The number of carbonyl (C=O) groups is 1. The Morgan fingerprint density at radius 2 is 2.17 bits per heavy atom. The van der Waals surface area contributed by atoms with Crippen LogP contribution in [0.4, 0.5) is 5.69 Å². The topological polar surface area (TPSA) is 78.7 Å². The summed E-state index contributed by atoms with van der Waals surface area (Å²) in [4.78, 5) is 21.0. The van der Waals surface area contributed by atoms with Gasteiger partial charge >= 0.3 is 5.97 Å². The van der Waals surface area contributed by atoms with Crippen LogP contribution >= 0.6 is 0 Å². The van der Waals surface area contributed by atoms with Crippen molar-refractivity contribution in [1.29, 1.82) is 0 Å². The third-order valence-corrected chi connectivity index (χ3v) is 2.38. The standard InChI is InChI=1S/C12H15NO5/c1-9-8-10(13(15)16)5-6-11(9)18-7-3-4-12(14)17-2/h5-6,8H,3-4,7H2,1-2H3. The minimum absolute atomic E-state index is 0.0365. The molecule has 0 aromatic heterocycles. The van der Waals surface area contributed by atoms with Gasteiger partial charge in [0.05, 0.1) is 18.6 Å². The predicted molar refractivity (Wildman–Crippen MR) is 64.6 cm³/mol. The second-order valence-corrected chi connectivity index (χ2v) is 3.74. The first-order chi connectivity index (χ1) is 8.54. The van der Waals surface area contributed by atoms with Crippen LogP contribution in [0.2, 0.25) is 0 Å². The molecule has 98 valence electrons. The van der Waals surface area contributed by atoms with Crippen molar-refractivity contribution in [1.82, 2.24) is 0 Å². The van der Waals surface area contributed by atoms with E-state index in [2.05, 4.69) is 4.74 Å². The quantitative estimate of drug-likeness (QED) is 0.336. The molecule has 0 aliphatic rings. The summed E-state index contributed by atoms with van der Waals surface area (Å²) in [7, 11) is 1.34. The zero-order valence-electron chi connectivity index (χ0n) is 10.3. The maximum Gasteiger partial charge on any atom is 0.305 e. The number of aryl methyl sites for hydroxylation is 1. The Bertz CT molecular complexity index is 444. The number of nitro benzene ring substituents is 1. The average molecular weight is 253 g/mol. The van der Waals surface area contributed by atoms with E-state index in [9.17, 15) is 14.9 Å². The number of hydrogen-bond acceptors (Lipinski definition) is 5. The van der Waals surface area contributed by atoms with Gasteiger partial charge in [0.2, 0.25) is 0 Å². The minimum atomic E-state index is -0.450. The number of rotatable bonds is 6. The van der Waals surface area contributed by atoms with Crippen LogP contribution in [0.5, 0.6) is 5.75 Å². The van der Waals surface area contributed by atoms with Gasteiger partial charge in [-0.05, 0) is 25.0 Å². The molecule has 0 N–H and O–H groups in total. The van der Waals surface area contributed by atoms with Crippen LogP contribution in [0, 0.1) is 17.0 Å². The van der Waals surface area contributed by atoms with Gasteiger partial charge in [0.15, 0.2) is 0 Å². The Morgan fingerprint density at radius 1 is 1.44 bits per heavy atom. The van der Waals surface area contributed by atoms with E-state index in [1.54, 1.807) is 13.0 Å². The van der Waals surface area contributed by atoms with Crippen LogP contribution in [0.15, 0.2) is 18.2 Å². The van der Waals surface area contributed by atoms with Crippen molar-refractivity contribution >= 4 is 11.7 Å². The largest absolute Gasteiger partial charge is 0.493 e. The molecule has 0 spiro atoms. The van der Waals surface area contributed by atoms with E-state index >= 15 is 0 Å². The van der Waals surface area contributed by atoms with Crippen LogP contribution in [-0.2, 0) is 9.53 Å². The third-order valence-electron chi connectivity index (χ3n) is 2.38. The van der Waals surface area contributed by atoms with Crippen LogP contribution in [0.1, 0.15) is 18.4 Å². The first kappa shape index (κ1) is 14.0. The van der Waals surface area contributed by atoms with Crippen molar-refractivity contribution < 1.29 is 19.2 Å². The van der Waals surface area contributed by atoms with Gasteiger partial charge in [-0.1, -0.05) is 0 Å². The van der Waals surface area contributed by atoms with Crippen molar-refractivity contribution in [3.05, 3.63) is 33.9 Å². The first-order valence-corrected chi connectivity index (χ1v) is 5.49. The summed E-state index contributed by atoms with van der Waals surface area (Å²) in [6, 6.07) is 4.41. The molecule has 0 unspecified atom stereocenters. The number of non-ortho nitro benzene ring substituents is 1. The second-order valence-electron chi connectivity index (χ2n) is 3.74. The number of hydrogen-bond donors (Lipinski definition) is 0. The fourth-order valence-electron chi connectivity index (χ4n) is 1.41. The number of ether oxygens (including phenoxy) is 2.